The van der Waals surface area contributed by atoms with E-state index in [4.69, 9.17) is 11.3 Å². The Balaban J connectivity index is 0.000000203. The zero-order chi connectivity index (χ0) is 37.0. The van der Waals surface area contributed by atoms with Crippen molar-refractivity contribution in [3.63, 3.8) is 0 Å². The van der Waals surface area contributed by atoms with Crippen LogP contribution < -0.4 is 10.6 Å². The van der Waals surface area contributed by atoms with E-state index in [9.17, 15) is 24.0 Å². The van der Waals surface area contributed by atoms with E-state index >= 15 is 0 Å². The van der Waals surface area contributed by atoms with Gasteiger partial charge in [-0.25, -0.2) is 9.64 Å². The number of amides is 2. The minimum atomic E-state index is -0.512. The zero-order valence-corrected chi connectivity index (χ0v) is 29.9. The molecule has 1 fully saturated rings. The van der Waals surface area contributed by atoms with E-state index in [0.29, 0.717) is 47.3 Å². The van der Waals surface area contributed by atoms with E-state index in [1.54, 1.807) is 49.4 Å². The molecule has 0 saturated heterocycles. The second kappa shape index (κ2) is 18.0. The first kappa shape index (κ1) is 37.6. The summed E-state index contributed by atoms with van der Waals surface area (Å²) in [6.07, 6.45) is 14.0. The second-order valence-electron chi connectivity index (χ2n) is 13.3. The van der Waals surface area contributed by atoms with Crippen LogP contribution >= 0.6 is 0 Å². The number of allylic oxidation sites excluding steroid dienone is 3. The van der Waals surface area contributed by atoms with Gasteiger partial charge in [-0.3, -0.25) is 19.2 Å². The van der Waals surface area contributed by atoms with Gasteiger partial charge >= 0.3 is 5.97 Å². The summed E-state index contributed by atoms with van der Waals surface area (Å²) in [6.45, 7) is 10.8. The molecule has 0 bridgehead atoms. The van der Waals surface area contributed by atoms with E-state index in [1.165, 1.54) is 38.2 Å². The molecule has 0 aromatic heterocycles. The first-order valence-electron chi connectivity index (χ1n) is 18.2. The molecule has 52 heavy (non-hydrogen) atoms. The molecule has 0 aliphatic heterocycles. The lowest BCUT2D eigenvalue weighted by Gasteiger charge is -2.21. The maximum absolute atomic E-state index is 12.6. The fraction of sp³-hybridized carbons (Fsp3) is 0.349. The number of hydrogen-bond acceptors (Lipinski definition) is 6. The molecule has 3 aliphatic carbocycles. The number of nitrogens with one attached hydrogen (secondary N) is 2. The Hall–Kier alpha value is -5.62. The number of ether oxygens (including phenoxy) is 1. The van der Waals surface area contributed by atoms with Crippen molar-refractivity contribution in [2.75, 3.05) is 17.2 Å². The highest BCUT2D eigenvalue weighted by atomic mass is 16.5. The standard InChI is InChI=1S/C22H18N2O4.C21H27NO2/c1-3-28-20(25)13-16-5-4-15-12-18(10-11-19(15)21(16)26)24-22(27)14-6-8-17(23-2)9-7-14;1-2-16-9-10-17-14-18(11-12-19(17)21(16)24)22-20(23)13-8-15-6-4-3-5-7-15/h6-13H,3-5H2,1H3,(H,24,27);2,11-12,14-15H,3-10,13H2,1H3,(H,22,23)/b16-13+;16-2+. The van der Waals surface area contributed by atoms with Gasteiger partial charge in [0.1, 0.15) is 0 Å². The first-order valence-corrected chi connectivity index (χ1v) is 18.2. The smallest absolute Gasteiger partial charge is 0.331 e. The summed E-state index contributed by atoms with van der Waals surface area (Å²) in [6, 6.07) is 17.1. The number of Topliss-reactive ketones (excluding diaryl/α,β-unsaturated/α-hetero) is 2. The average Bonchev–Trinajstić information content (AvgIpc) is 3.16. The monoisotopic (exact) mass is 699 g/mol. The molecule has 9 nitrogen and oxygen atoms in total. The van der Waals surface area contributed by atoms with Crippen LogP contribution in [0.5, 0.6) is 0 Å². The van der Waals surface area contributed by atoms with Gasteiger partial charge in [-0.1, -0.05) is 62.4 Å². The van der Waals surface area contributed by atoms with Crippen molar-refractivity contribution >= 4 is 46.4 Å². The highest BCUT2D eigenvalue weighted by Gasteiger charge is 2.24. The number of ketones is 2. The molecule has 2 amide bonds. The predicted octanol–water partition coefficient (Wildman–Crippen LogP) is 9.17. The minimum absolute atomic E-state index is 0.0943. The first-order chi connectivity index (χ1) is 25.2. The van der Waals surface area contributed by atoms with Gasteiger partial charge < -0.3 is 15.4 Å². The van der Waals surface area contributed by atoms with E-state index in [2.05, 4.69) is 15.5 Å². The van der Waals surface area contributed by atoms with E-state index < -0.39 is 5.97 Å². The van der Waals surface area contributed by atoms with Gasteiger partial charge in [0.2, 0.25) is 5.91 Å². The number of nitrogens with zero attached hydrogens (tertiary/aromatic N) is 1. The third-order valence-electron chi connectivity index (χ3n) is 9.84. The van der Waals surface area contributed by atoms with Crippen LogP contribution in [-0.4, -0.2) is 36.0 Å². The summed E-state index contributed by atoms with van der Waals surface area (Å²) in [7, 11) is 0. The fourth-order valence-electron chi connectivity index (χ4n) is 6.98. The SMILES string of the molecule is C/C=C1\CCc2cc(NC(=O)CCC3CCCCC3)ccc2C1=O.[C-]#[N+]c1ccc(C(=O)Nc2ccc3c(c2)CC/C(=C\C(=O)OCC)C3=O)cc1. The predicted molar refractivity (Wildman–Crippen MR) is 202 cm³/mol. The topological polar surface area (TPSA) is 123 Å². The zero-order valence-electron chi connectivity index (χ0n) is 29.9. The number of anilines is 2. The summed E-state index contributed by atoms with van der Waals surface area (Å²) in [5, 5.41) is 5.81. The lowest BCUT2D eigenvalue weighted by atomic mass is 9.86. The molecule has 0 radical (unpaired) electrons. The van der Waals surface area contributed by atoms with Crippen LogP contribution in [-0.2, 0) is 27.2 Å². The number of hydrogen-bond donors (Lipinski definition) is 2. The van der Waals surface area contributed by atoms with Gasteiger partial charge in [-0.05, 0) is 105 Å². The molecule has 6 rings (SSSR count). The van der Waals surface area contributed by atoms with Gasteiger partial charge in [0, 0.05) is 46.1 Å². The fourth-order valence-corrected chi connectivity index (χ4v) is 6.98. The van der Waals surface area contributed by atoms with Crippen LogP contribution in [0.1, 0.15) is 114 Å². The van der Waals surface area contributed by atoms with Gasteiger partial charge in [0.25, 0.3) is 5.91 Å². The third-order valence-corrected chi connectivity index (χ3v) is 9.84. The number of benzene rings is 3. The molecule has 9 heteroatoms. The molecule has 3 aliphatic rings. The van der Waals surface area contributed by atoms with Crippen molar-refractivity contribution in [3.8, 4) is 0 Å². The molecule has 3 aromatic carbocycles. The molecule has 2 N–H and O–H groups in total. The Kier molecular flexibility index (Phi) is 13.1. The maximum atomic E-state index is 12.6. The van der Waals surface area contributed by atoms with Crippen molar-refractivity contribution in [2.24, 2.45) is 5.92 Å². The highest BCUT2D eigenvalue weighted by Crippen LogP contribution is 2.30. The Morgan fingerprint density at radius 1 is 0.808 bits per heavy atom. The van der Waals surface area contributed by atoms with Gasteiger partial charge in [-0.15, -0.1) is 0 Å². The normalized spacial score (nSPS) is 16.9. The number of rotatable bonds is 8. The molecule has 1 saturated carbocycles. The number of esters is 1. The summed E-state index contributed by atoms with van der Waals surface area (Å²) in [5.74, 6) is -0.0403. The maximum Gasteiger partial charge on any atom is 0.331 e. The number of carbonyl (C=O) groups is 5. The lowest BCUT2D eigenvalue weighted by Crippen LogP contribution is -2.17. The van der Waals surface area contributed by atoms with Crippen LogP contribution in [0.25, 0.3) is 4.85 Å². The number of fused-ring (bicyclic) bond motifs is 2. The van der Waals surface area contributed by atoms with Crippen molar-refractivity contribution in [1.82, 2.24) is 0 Å². The summed E-state index contributed by atoms with van der Waals surface area (Å²) >= 11 is 0. The van der Waals surface area contributed by atoms with Crippen LogP contribution in [0.2, 0.25) is 0 Å². The number of aryl methyl sites for hydroxylation is 2. The molecular formula is C43H45N3O6. The third kappa shape index (κ3) is 9.79. The Labute approximate surface area is 305 Å². The molecule has 0 unspecified atom stereocenters. The summed E-state index contributed by atoms with van der Waals surface area (Å²) in [5.41, 5.74) is 6.84. The average molecular weight is 700 g/mol. The van der Waals surface area contributed by atoms with Crippen molar-refractivity contribution in [2.45, 2.75) is 84.5 Å². The van der Waals surface area contributed by atoms with Crippen molar-refractivity contribution in [1.29, 1.82) is 0 Å². The van der Waals surface area contributed by atoms with Gasteiger partial charge in [-0.2, -0.15) is 0 Å². The Morgan fingerprint density at radius 3 is 2.00 bits per heavy atom. The van der Waals surface area contributed by atoms with Gasteiger partial charge in [0.15, 0.2) is 17.3 Å². The largest absolute Gasteiger partial charge is 0.463 e. The molecule has 3 aromatic rings. The van der Waals surface area contributed by atoms with Crippen LogP contribution in [0.3, 0.4) is 0 Å². The molecule has 0 heterocycles. The Morgan fingerprint density at radius 2 is 1.40 bits per heavy atom. The number of carbonyl (C=O) groups excluding carboxylic acids is 5. The summed E-state index contributed by atoms with van der Waals surface area (Å²) < 4.78 is 4.87. The second-order valence-corrected chi connectivity index (χ2v) is 13.3. The van der Waals surface area contributed by atoms with Crippen molar-refractivity contribution < 1.29 is 28.7 Å². The molecular weight excluding hydrogens is 654 g/mol. The van der Waals surface area contributed by atoms with Crippen LogP contribution in [0.4, 0.5) is 17.1 Å². The van der Waals surface area contributed by atoms with Crippen LogP contribution in [0, 0.1) is 12.5 Å². The van der Waals surface area contributed by atoms with E-state index in [-0.39, 0.29) is 30.0 Å². The van der Waals surface area contributed by atoms with Gasteiger partial charge in [0.05, 0.1) is 13.2 Å². The minimum Gasteiger partial charge on any atom is -0.463 e. The molecule has 0 spiro atoms. The highest BCUT2D eigenvalue weighted by molar-refractivity contribution is 6.13. The van der Waals surface area contributed by atoms with E-state index in [0.717, 1.165) is 53.1 Å². The molecule has 268 valence electrons. The lowest BCUT2D eigenvalue weighted by molar-refractivity contribution is -0.137. The van der Waals surface area contributed by atoms with E-state index in [1.807, 2.05) is 31.2 Å². The van der Waals surface area contributed by atoms with Crippen molar-refractivity contribution in [3.05, 3.63) is 123 Å². The Bertz CT molecular complexity index is 1940. The summed E-state index contributed by atoms with van der Waals surface area (Å²) in [4.78, 5) is 64.4. The quantitative estimate of drug-likeness (QED) is 0.137. The van der Waals surface area contributed by atoms with Crippen LogP contribution in [0.15, 0.2) is 84.0 Å². The molecule has 0 atom stereocenters.